The second-order valence-corrected chi connectivity index (χ2v) is 11.5. The van der Waals surface area contributed by atoms with Crippen molar-refractivity contribution in [3.05, 3.63) is 23.8 Å². The number of allylic oxidation sites excluding steroid dienone is 2. The van der Waals surface area contributed by atoms with Gasteiger partial charge in [0.2, 0.25) is 0 Å². The molecule has 1 aliphatic heterocycles. The average molecular weight is 601 g/mol. The van der Waals surface area contributed by atoms with E-state index in [2.05, 4.69) is 0 Å². The van der Waals surface area contributed by atoms with Crippen LogP contribution in [-0.4, -0.2) is 87.7 Å². The van der Waals surface area contributed by atoms with Crippen LogP contribution < -0.4 is 0 Å². The molecule has 3 aliphatic rings. The molecule has 1 saturated heterocycles. The minimum atomic E-state index is -2.32. The summed E-state index contributed by atoms with van der Waals surface area (Å²) in [5, 5.41) is 24.7. The van der Waals surface area contributed by atoms with Crippen molar-refractivity contribution in [3.63, 3.8) is 0 Å². The van der Waals surface area contributed by atoms with E-state index in [-0.39, 0.29) is 12.3 Å². The van der Waals surface area contributed by atoms with Gasteiger partial charge in [0.15, 0.2) is 11.7 Å². The lowest BCUT2D eigenvalue weighted by Gasteiger charge is -2.60. The quantitative estimate of drug-likeness (QED) is 0.265. The summed E-state index contributed by atoms with van der Waals surface area (Å²) in [4.78, 5) is 62.5. The van der Waals surface area contributed by atoms with Crippen molar-refractivity contribution in [2.75, 3.05) is 5.88 Å². The summed E-state index contributed by atoms with van der Waals surface area (Å²) in [7, 11) is 0. The number of carbonyl (C=O) groups excluding carboxylic acids is 5. The molecule has 10 atom stereocenters. The Balaban J connectivity index is 2.50. The van der Waals surface area contributed by atoms with Crippen molar-refractivity contribution < 1.29 is 57.9 Å². The third-order valence-electron chi connectivity index (χ3n) is 8.40. The summed E-state index contributed by atoms with van der Waals surface area (Å²) in [6.45, 7) is 8.72. The minimum absolute atomic E-state index is 0.111. The third-order valence-corrected chi connectivity index (χ3v) is 8.71. The SMILES string of the molecule is CC(=O)O[C@H]1/C=C\C(CCl)=C/[C@@H]2OC(=O)[C@H](C)[C@@]2(O)[C@@H](OC(C)=O)[C@H]2[C@](C)(O)[C@H](OC(C)=O)C[C@H](OC(C)=O)[C@]12C. The average Bonchev–Trinajstić information content (AvgIpc) is 3.05. The van der Waals surface area contributed by atoms with Crippen LogP contribution in [0.5, 0.6) is 0 Å². The maximum atomic E-state index is 12.9. The number of esters is 5. The van der Waals surface area contributed by atoms with E-state index in [0.29, 0.717) is 5.57 Å². The maximum absolute atomic E-state index is 12.9. The van der Waals surface area contributed by atoms with Crippen molar-refractivity contribution >= 4 is 41.4 Å². The van der Waals surface area contributed by atoms with Gasteiger partial charge in [-0.05, 0) is 31.6 Å². The molecule has 2 aliphatic carbocycles. The topological polar surface area (TPSA) is 172 Å². The lowest BCUT2D eigenvalue weighted by molar-refractivity contribution is -0.286. The molecule has 0 bridgehead atoms. The highest BCUT2D eigenvalue weighted by Gasteiger charge is 2.72. The molecule has 1 saturated carbocycles. The highest BCUT2D eigenvalue weighted by atomic mass is 35.5. The Kier molecular flexibility index (Phi) is 9.31. The Labute approximate surface area is 242 Å². The first-order valence-corrected chi connectivity index (χ1v) is 13.7. The number of halogens is 1. The lowest BCUT2D eigenvalue weighted by Crippen LogP contribution is -2.74. The normalized spacial score (nSPS) is 42.2. The molecule has 1 heterocycles. The number of alkyl halides is 1. The molecule has 0 radical (unpaired) electrons. The van der Waals surface area contributed by atoms with Gasteiger partial charge in [0, 0.05) is 45.9 Å². The van der Waals surface area contributed by atoms with Crippen LogP contribution in [0.3, 0.4) is 0 Å². The van der Waals surface area contributed by atoms with Gasteiger partial charge in [0.05, 0.1) is 11.3 Å². The molecule has 41 heavy (non-hydrogen) atoms. The summed E-state index contributed by atoms with van der Waals surface area (Å²) in [5.41, 5.74) is -5.76. The first-order chi connectivity index (χ1) is 18.9. The van der Waals surface area contributed by atoms with Crippen LogP contribution in [0.15, 0.2) is 23.8 Å². The van der Waals surface area contributed by atoms with Gasteiger partial charge in [-0.2, -0.15) is 0 Å². The molecule has 2 N–H and O–H groups in total. The molecule has 0 aromatic carbocycles. The summed E-state index contributed by atoms with van der Waals surface area (Å²) in [5.74, 6) is -6.86. The van der Waals surface area contributed by atoms with E-state index >= 15 is 0 Å². The predicted octanol–water partition coefficient (Wildman–Crippen LogP) is 1.52. The number of carbonyl (C=O) groups is 5. The van der Waals surface area contributed by atoms with Crippen LogP contribution in [0.25, 0.3) is 0 Å². The molecule has 13 heteroatoms. The van der Waals surface area contributed by atoms with Gasteiger partial charge < -0.3 is 33.9 Å². The van der Waals surface area contributed by atoms with E-state index in [1.165, 1.54) is 39.0 Å². The zero-order valence-corrected chi connectivity index (χ0v) is 24.8. The fourth-order valence-corrected chi connectivity index (χ4v) is 6.67. The monoisotopic (exact) mass is 600 g/mol. The first-order valence-electron chi connectivity index (χ1n) is 13.2. The molecule has 0 amide bonds. The van der Waals surface area contributed by atoms with Crippen molar-refractivity contribution in [3.8, 4) is 0 Å². The van der Waals surface area contributed by atoms with Crippen LogP contribution >= 0.6 is 11.6 Å². The smallest absolute Gasteiger partial charge is 0.312 e. The van der Waals surface area contributed by atoms with Crippen LogP contribution in [0, 0.1) is 17.3 Å². The van der Waals surface area contributed by atoms with Crippen molar-refractivity contribution in [2.24, 2.45) is 17.3 Å². The first kappa shape index (κ1) is 32.6. The second kappa shape index (κ2) is 11.7. The molecule has 0 aromatic rings. The predicted molar refractivity (Wildman–Crippen MR) is 141 cm³/mol. The molecule has 0 unspecified atom stereocenters. The Bertz CT molecular complexity index is 1160. The van der Waals surface area contributed by atoms with Crippen molar-refractivity contribution in [1.82, 2.24) is 0 Å². The summed E-state index contributed by atoms with van der Waals surface area (Å²) in [6.07, 6.45) is -2.92. The molecular weight excluding hydrogens is 564 g/mol. The fraction of sp³-hybridized carbons (Fsp3) is 0.679. The van der Waals surface area contributed by atoms with E-state index in [0.717, 1.165) is 27.7 Å². The van der Waals surface area contributed by atoms with E-state index in [1.807, 2.05) is 0 Å². The van der Waals surface area contributed by atoms with Crippen LogP contribution in [0.2, 0.25) is 0 Å². The van der Waals surface area contributed by atoms with E-state index in [4.69, 9.17) is 35.3 Å². The molecule has 228 valence electrons. The van der Waals surface area contributed by atoms with Crippen LogP contribution in [0.1, 0.15) is 54.9 Å². The van der Waals surface area contributed by atoms with Crippen molar-refractivity contribution in [2.45, 2.75) is 96.6 Å². The molecule has 12 nitrogen and oxygen atoms in total. The Morgan fingerprint density at radius 1 is 0.951 bits per heavy atom. The van der Waals surface area contributed by atoms with Crippen LogP contribution in [-0.2, 0) is 47.7 Å². The molecule has 3 rings (SSSR count). The van der Waals surface area contributed by atoms with Gasteiger partial charge >= 0.3 is 29.8 Å². The highest BCUT2D eigenvalue weighted by Crippen LogP contribution is 2.57. The van der Waals surface area contributed by atoms with Gasteiger partial charge in [-0.15, -0.1) is 11.6 Å². The molecule has 2 fully saturated rings. The van der Waals surface area contributed by atoms with Crippen LogP contribution in [0.4, 0.5) is 0 Å². The Morgan fingerprint density at radius 2 is 1.49 bits per heavy atom. The van der Waals surface area contributed by atoms with Gasteiger partial charge in [0.1, 0.15) is 30.0 Å². The third kappa shape index (κ3) is 5.87. The number of aliphatic hydroxyl groups is 2. The Morgan fingerprint density at radius 3 is 2.00 bits per heavy atom. The highest BCUT2D eigenvalue weighted by molar-refractivity contribution is 6.19. The number of fused-ring (bicyclic) bond motifs is 2. The number of ether oxygens (including phenoxy) is 5. The number of hydrogen-bond acceptors (Lipinski definition) is 12. The van der Waals surface area contributed by atoms with E-state index < -0.39 is 88.8 Å². The second-order valence-electron chi connectivity index (χ2n) is 11.3. The fourth-order valence-electron chi connectivity index (χ4n) is 6.50. The minimum Gasteiger partial charge on any atom is -0.462 e. The zero-order chi connectivity index (χ0) is 31.1. The lowest BCUT2D eigenvalue weighted by atomic mass is 9.51. The van der Waals surface area contributed by atoms with E-state index in [9.17, 15) is 34.2 Å². The molecular formula is C28H37ClO12. The Hall–Kier alpha value is -2.96. The van der Waals surface area contributed by atoms with Gasteiger partial charge in [-0.25, -0.2) is 0 Å². The number of hydrogen-bond donors (Lipinski definition) is 2. The maximum Gasteiger partial charge on any atom is 0.312 e. The summed E-state index contributed by atoms with van der Waals surface area (Å²) < 4.78 is 28.2. The molecule has 0 spiro atoms. The summed E-state index contributed by atoms with van der Waals surface area (Å²) >= 11 is 6.17. The largest absolute Gasteiger partial charge is 0.462 e. The van der Waals surface area contributed by atoms with Crippen molar-refractivity contribution in [1.29, 1.82) is 0 Å². The van der Waals surface area contributed by atoms with Gasteiger partial charge in [-0.1, -0.05) is 13.0 Å². The number of rotatable bonds is 5. The van der Waals surface area contributed by atoms with Gasteiger partial charge in [-0.3, -0.25) is 24.0 Å². The van der Waals surface area contributed by atoms with Gasteiger partial charge in [0.25, 0.3) is 0 Å². The summed E-state index contributed by atoms with van der Waals surface area (Å²) in [6, 6.07) is 0. The zero-order valence-electron chi connectivity index (χ0n) is 24.0. The van der Waals surface area contributed by atoms with E-state index in [1.54, 1.807) is 0 Å². The standard InChI is InChI=1S/C28H37ClO12/c1-13-25(34)41-22-10-18(12-29)8-9-19(37-14(2)30)26(6)20(38-15(3)31)11-21(39-16(4)32)27(7,35)23(26)24(28(13,22)36)40-17(5)33/h8-10,13,19-24,35-36H,11-12H2,1-7H3/b9-8-,18-10+/t13-,19-,20-,21+,22-,23+,24-,26-,27+,28-/m0/s1. The molecule has 0 aromatic heterocycles.